The van der Waals surface area contributed by atoms with Gasteiger partial charge in [0.15, 0.2) is 6.61 Å². The summed E-state index contributed by atoms with van der Waals surface area (Å²) in [6, 6.07) is 13.3. The fraction of sp³-hybridized carbons (Fsp3) is 0.263. The first-order valence-corrected chi connectivity index (χ1v) is 7.84. The molecule has 0 saturated heterocycles. The highest BCUT2D eigenvalue weighted by atomic mass is 16.5. The van der Waals surface area contributed by atoms with Crippen LogP contribution in [0.25, 0.3) is 0 Å². The number of carbonyl (C=O) groups excluding carboxylic acids is 1. The number of hydrogen-bond donors (Lipinski definition) is 1. The van der Waals surface area contributed by atoms with Crippen molar-refractivity contribution in [3.8, 4) is 11.5 Å². The van der Waals surface area contributed by atoms with Crippen LogP contribution in [0.4, 0.5) is 0 Å². The van der Waals surface area contributed by atoms with Crippen LogP contribution in [0.5, 0.6) is 11.5 Å². The van der Waals surface area contributed by atoms with Crippen LogP contribution in [-0.4, -0.2) is 25.3 Å². The summed E-state index contributed by atoms with van der Waals surface area (Å²) in [5.41, 5.74) is 5.40. The topological polar surface area (TPSA) is 59.9 Å². The Kier molecular flexibility index (Phi) is 6.37. The van der Waals surface area contributed by atoms with Crippen LogP contribution in [0.3, 0.4) is 0 Å². The zero-order valence-corrected chi connectivity index (χ0v) is 14.2. The van der Waals surface area contributed by atoms with E-state index in [1.807, 2.05) is 63.2 Å². The predicted molar refractivity (Wildman–Crippen MR) is 94.8 cm³/mol. The molecule has 0 aliphatic rings. The molecule has 0 aliphatic heterocycles. The van der Waals surface area contributed by atoms with Crippen LogP contribution in [0, 0.1) is 13.8 Å². The van der Waals surface area contributed by atoms with Crippen LogP contribution < -0.4 is 14.9 Å². The number of nitrogens with zero attached hydrogens (tertiary/aromatic N) is 1. The van der Waals surface area contributed by atoms with Crippen molar-refractivity contribution in [2.24, 2.45) is 5.10 Å². The average molecular weight is 326 g/mol. The number of ether oxygens (including phenoxy) is 2. The maximum atomic E-state index is 11.8. The van der Waals surface area contributed by atoms with Gasteiger partial charge in [0.05, 0.1) is 12.8 Å². The molecule has 0 aliphatic carbocycles. The maximum Gasteiger partial charge on any atom is 0.277 e. The number of hydrogen-bond acceptors (Lipinski definition) is 4. The molecule has 0 bridgehead atoms. The standard InChI is InChI=1S/C19H22N2O3/c1-4-23-18-8-6-5-7-16(18)12-20-21-19(22)13-24-17-10-9-14(2)11-15(17)3/h5-12H,4,13H2,1-3H3,(H,21,22)/b20-12+. The Morgan fingerprint density at radius 1 is 1.12 bits per heavy atom. The third-order valence-corrected chi connectivity index (χ3v) is 3.30. The summed E-state index contributed by atoms with van der Waals surface area (Å²) in [7, 11) is 0. The van der Waals surface area contributed by atoms with Gasteiger partial charge in [0, 0.05) is 5.56 Å². The van der Waals surface area contributed by atoms with Gasteiger partial charge >= 0.3 is 0 Å². The summed E-state index contributed by atoms with van der Waals surface area (Å²) >= 11 is 0. The fourth-order valence-electron chi connectivity index (χ4n) is 2.18. The molecule has 0 saturated carbocycles. The molecule has 0 atom stereocenters. The first kappa shape index (κ1) is 17.5. The Balaban J connectivity index is 1.87. The number of hydrazone groups is 1. The minimum absolute atomic E-state index is 0.0889. The van der Waals surface area contributed by atoms with Crippen molar-refractivity contribution in [3.05, 3.63) is 59.2 Å². The zero-order valence-electron chi connectivity index (χ0n) is 14.2. The van der Waals surface area contributed by atoms with Crippen LogP contribution in [0.15, 0.2) is 47.6 Å². The lowest BCUT2D eigenvalue weighted by atomic mass is 10.1. The van der Waals surface area contributed by atoms with Crippen LogP contribution >= 0.6 is 0 Å². The van der Waals surface area contributed by atoms with E-state index in [9.17, 15) is 4.79 Å². The van der Waals surface area contributed by atoms with Crippen molar-refractivity contribution < 1.29 is 14.3 Å². The number of benzene rings is 2. The second kappa shape index (κ2) is 8.72. The largest absolute Gasteiger partial charge is 0.493 e. The van der Waals surface area contributed by atoms with E-state index in [0.717, 1.165) is 22.4 Å². The van der Waals surface area contributed by atoms with E-state index in [1.54, 1.807) is 6.21 Å². The van der Waals surface area contributed by atoms with Gasteiger partial charge in [0.2, 0.25) is 0 Å². The van der Waals surface area contributed by atoms with E-state index < -0.39 is 0 Å². The number of rotatable bonds is 7. The molecular weight excluding hydrogens is 304 g/mol. The minimum atomic E-state index is -0.319. The molecule has 0 fully saturated rings. The minimum Gasteiger partial charge on any atom is -0.493 e. The maximum absolute atomic E-state index is 11.8. The summed E-state index contributed by atoms with van der Waals surface area (Å²) < 4.78 is 11.0. The Morgan fingerprint density at radius 3 is 2.67 bits per heavy atom. The monoisotopic (exact) mass is 326 g/mol. The molecule has 0 heterocycles. The summed E-state index contributed by atoms with van der Waals surface area (Å²) in [4.78, 5) is 11.8. The second-order valence-corrected chi connectivity index (χ2v) is 5.32. The van der Waals surface area contributed by atoms with Crippen molar-refractivity contribution in [1.29, 1.82) is 0 Å². The first-order chi connectivity index (χ1) is 11.6. The molecule has 2 rings (SSSR count). The summed E-state index contributed by atoms with van der Waals surface area (Å²) in [6.45, 7) is 6.36. The highest BCUT2D eigenvalue weighted by Crippen LogP contribution is 2.18. The van der Waals surface area contributed by atoms with Gasteiger partial charge in [0.25, 0.3) is 5.91 Å². The van der Waals surface area contributed by atoms with Gasteiger partial charge in [-0.1, -0.05) is 29.8 Å². The number of aryl methyl sites for hydroxylation is 2. The van der Waals surface area contributed by atoms with Crippen molar-refractivity contribution in [3.63, 3.8) is 0 Å². The molecule has 5 heteroatoms. The lowest BCUT2D eigenvalue weighted by Crippen LogP contribution is -2.24. The number of carbonyl (C=O) groups is 1. The van der Waals surface area contributed by atoms with Crippen molar-refractivity contribution in [2.75, 3.05) is 13.2 Å². The van der Waals surface area contributed by atoms with Gasteiger partial charge in [-0.05, 0) is 44.5 Å². The molecule has 2 aromatic carbocycles. The van der Waals surface area contributed by atoms with E-state index in [-0.39, 0.29) is 12.5 Å². The molecule has 126 valence electrons. The van der Waals surface area contributed by atoms with Crippen LogP contribution in [0.1, 0.15) is 23.6 Å². The molecular formula is C19H22N2O3. The van der Waals surface area contributed by atoms with Gasteiger partial charge in [-0.25, -0.2) is 5.43 Å². The van der Waals surface area contributed by atoms with Crippen molar-refractivity contribution in [2.45, 2.75) is 20.8 Å². The Bertz CT molecular complexity index is 726. The first-order valence-electron chi connectivity index (χ1n) is 7.84. The molecule has 1 amide bonds. The van der Waals surface area contributed by atoms with Crippen LogP contribution in [0.2, 0.25) is 0 Å². The second-order valence-electron chi connectivity index (χ2n) is 5.32. The smallest absolute Gasteiger partial charge is 0.277 e. The SMILES string of the molecule is CCOc1ccccc1/C=N/NC(=O)COc1ccc(C)cc1C. The lowest BCUT2D eigenvalue weighted by Gasteiger charge is -2.09. The van der Waals surface area contributed by atoms with E-state index >= 15 is 0 Å². The van der Waals surface area contributed by atoms with Gasteiger partial charge in [-0.3, -0.25) is 4.79 Å². The Labute approximate surface area is 142 Å². The quantitative estimate of drug-likeness (QED) is 0.628. The molecule has 24 heavy (non-hydrogen) atoms. The van der Waals surface area contributed by atoms with Crippen LogP contribution in [-0.2, 0) is 4.79 Å². The van der Waals surface area contributed by atoms with Gasteiger partial charge in [0.1, 0.15) is 11.5 Å². The van der Waals surface area contributed by atoms with Gasteiger partial charge < -0.3 is 9.47 Å². The summed E-state index contributed by atoms with van der Waals surface area (Å²) in [5.74, 6) is 1.10. The predicted octanol–water partition coefficient (Wildman–Crippen LogP) is 3.23. The average Bonchev–Trinajstić information content (AvgIpc) is 2.56. The number of nitrogens with one attached hydrogen (secondary N) is 1. The molecule has 2 aromatic rings. The molecule has 5 nitrogen and oxygen atoms in total. The van der Waals surface area contributed by atoms with Gasteiger partial charge in [-0.15, -0.1) is 0 Å². The number of para-hydroxylation sites is 1. The zero-order chi connectivity index (χ0) is 17.4. The number of amides is 1. The summed E-state index contributed by atoms with van der Waals surface area (Å²) in [6.07, 6.45) is 1.56. The third kappa shape index (κ3) is 5.12. The molecule has 0 radical (unpaired) electrons. The molecule has 1 N–H and O–H groups in total. The van der Waals surface area contributed by atoms with E-state index in [4.69, 9.17) is 9.47 Å². The molecule has 0 unspecified atom stereocenters. The van der Waals surface area contributed by atoms with E-state index in [0.29, 0.717) is 12.4 Å². The molecule has 0 spiro atoms. The van der Waals surface area contributed by atoms with E-state index in [1.165, 1.54) is 0 Å². The van der Waals surface area contributed by atoms with Gasteiger partial charge in [-0.2, -0.15) is 5.10 Å². The lowest BCUT2D eigenvalue weighted by molar-refractivity contribution is -0.123. The third-order valence-electron chi connectivity index (χ3n) is 3.30. The highest BCUT2D eigenvalue weighted by molar-refractivity contribution is 5.85. The van der Waals surface area contributed by atoms with E-state index in [2.05, 4.69) is 10.5 Å². The fourth-order valence-corrected chi connectivity index (χ4v) is 2.18. The Hall–Kier alpha value is -2.82. The Morgan fingerprint density at radius 2 is 1.92 bits per heavy atom. The molecule has 0 aromatic heterocycles. The highest BCUT2D eigenvalue weighted by Gasteiger charge is 2.04. The van der Waals surface area contributed by atoms with Crippen molar-refractivity contribution >= 4 is 12.1 Å². The summed E-state index contributed by atoms with van der Waals surface area (Å²) in [5, 5.41) is 3.95. The normalized spacial score (nSPS) is 10.6. The van der Waals surface area contributed by atoms with Crippen molar-refractivity contribution in [1.82, 2.24) is 5.43 Å².